The molecule has 1 aliphatic heterocycles. The molecule has 0 saturated carbocycles. The summed E-state index contributed by atoms with van der Waals surface area (Å²) in [6, 6.07) is 19.9. The third-order valence-corrected chi connectivity index (χ3v) is 5.36. The van der Waals surface area contributed by atoms with E-state index in [9.17, 15) is 5.11 Å². The first kappa shape index (κ1) is 24.4. The second-order valence-electron chi connectivity index (χ2n) is 8.40. The van der Waals surface area contributed by atoms with E-state index in [-0.39, 0.29) is 13.4 Å². The van der Waals surface area contributed by atoms with Gasteiger partial charge in [-0.2, -0.15) is 0 Å². The van der Waals surface area contributed by atoms with Crippen LogP contribution >= 0.6 is 0 Å². The minimum atomic E-state index is -0.914. The second kappa shape index (κ2) is 11.6. The average Bonchev–Trinajstić information content (AvgIpc) is 3.11. The van der Waals surface area contributed by atoms with Gasteiger partial charge in [-0.15, -0.1) is 6.42 Å². The molecule has 0 spiro atoms. The number of methoxy groups -OCH3 is 1. The summed E-state index contributed by atoms with van der Waals surface area (Å²) in [6.07, 6.45) is 3.98. The SMILES string of the molecule is C#C[C@H]([C@@H]1OC(C)(C)O[C@H]1[C@H](O)COCOC)N(Cc1ccccc1)Cc1ccccc1. The molecule has 1 heterocycles. The number of hydrogen-bond acceptors (Lipinski definition) is 6. The fourth-order valence-electron chi connectivity index (χ4n) is 4.00. The molecule has 1 saturated heterocycles. The standard InChI is InChI=1S/C26H33NO5/c1-5-22(24-25(32-26(2,3)31-24)23(28)18-30-19-29-4)27(16-20-12-8-6-9-13-20)17-21-14-10-7-11-15-21/h1,6-15,22-25,28H,16-19H2,2-4H3/t22-,23-,24+,25+/m1/s1. The Morgan fingerprint density at radius 2 is 1.53 bits per heavy atom. The molecule has 0 aliphatic carbocycles. The van der Waals surface area contributed by atoms with Gasteiger partial charge in [-0.1, -0.05) is 66.6 Å². The molecule has 0 aromatic heterocycles. The molecule has 1 fully saturated rings. The molecular weight excluding hydrogens is 406 g/mol. The summed E-state index contributed by atoms with van der Waals surface area (Å²) in [6.45, 7) is 5.07. The van der Waals surface area contributed by atoms with E-state index >= 15 is 0 Å². The lowest BCUT2D eigenvalue weighted by molar-refractivity contribution is -0.163. The van der Waals surface area contributed by atoms with Crippen molar-refractivity contribution in [3.63, 3.8) is 0 Å². The zero-order chi connectivity index (χ0) is 23.0. The van der Waals surface area contributed by atoms with Crippen LogP contribution in [0.4, 0.5) is 0 Å². The minimum absolute atomic E-state index is 0.0586. The van der Waals surface area contributed by atoms with Gasteiger partial charge in [0.2, 0.25) is 0 Å². The Labute approximate surface area is 191 Å². The predicted octanol–water partition coefficient (Wildman–Crippen LogP) is 3.19. The summed E-state index contributed by atoms with van der Waals surface area (Å²) in [7, 11) is 1.53. The quantitative estimate of drug-likeness (QED) is 0.330. The van der Waals surface area contributed by atoms with Crippen molar-refractivity contribution in [2.45, 2.75) is 57.1 Å². The van der Waals surface area contributed by atoms with Crippen molar-refractivity contribution in [2.24, 2.45) is 0 Å². The average molecular weight is 440 g/mol. The first-order valence-electron chi connectivity index (χ1n) is 10.8. The van der Waals surface area contributed by atoms with Gasteiger partial charge in [0.1, 0.15) is 31.1 Å². The maximum Gasteiger partial charge on any atom is 0.164 e. The molecule has 32 heavy (non-hydrogen) atoms. The number of ether oxygens (including phenoxy) is 4. The fraction of sp³-hybridized carbons (Fsp3) is 0.462. The van der Waals surface area contributed by atoms with E-state index in [0.29, 0.717) is 13.1 Å². The molecule has 1 N–H and O–H groups in total. The third kappa shape index (κ3) is 6.63. The van der Waals surface area contributed by atoms with Crippen molar-refractivity contribution >= 4 is 0 Å². The first-order valence-corrected chi connectivity index (χ1v) is 10.8. The molecule has 172 valence electrons. The Morgan fingerprint density at radius 3 is 2.03 bits per heavy atom. The number of terminal acetylenes is 1. The number of aliphatic hydroxyl groups is 1. The van der Waals surface area contributed by atoms with E-state index in [1.165, 1.54) is 7.11 Å². The van der Waals surface area contributed by atoms with Crippen LogP contribution in [0.25, 0.3) is 0 Å². The molecule has 6 nitrogen and oxygen atoms in total. The van der Waals surface area contributed by atoms with Crippen molar-refractivity contribution in [1.29, 1.82) is 0 Å². The van der Waals surface area contributed by atoms with Crippen molar-refractivity contribution in [3.8, 4) is 12.3 Å². The van der Waals surface area contributed by atoms with Crippen LogP contribution in [0.15, 0.2) is 60.7 Å². The van der Waals surface area contributed by atoms with Crippen LogP contribution in [0.5, 0.6) is 0 Å². The molecule has 0 bridgehead atoms. The molecular formula is C26H33NO5. The molecule has 6 heteroatoms. The summed E-state index contributed by atoms with van der Waals surface area (Å²) < 4.78 is 22.6. The van der Waals surface area contributed by atoms with Gasteiger partial charge in [-0.05, 0) is 25.0 Å². The topological polar surface area (TPSA) is 60.4 Å². The largest absolute Gasteiger partial charge is 0.388 e. The number of nitrogens with zero attached hydrogens (tertiary/aromatic N) is 1. The predicted molar refractivity (Wildman–Crippen MR) is 122 cm³/mol. The Hall–Kier alpha value is -2.24. The Kier molecular flexibility index (Phi) is 8.83. The van der Waals surface area contributed by atoms with Crippen LogP contribution < -0.4 is 0 Å². The Balaban J connectivity index is 1.86. The molecule has 0 radical (unpaired) electrons. The van der Waals surface area contributed by atoms with E-state index in [2.05, 4.69) is 35.1 Å². The van der Waals surface area contributed by atoms with Gasteiger partial charge in [0.25, 0.3) is 0 Å². The molecule has 3 rings (SSSR count). The van der Waals surface area contributed by atoms with Gasteiger partial charge in [0, 0.05) is 20.2 Å². The van der Waals surface area contributed by atoms with Gasteiger partial charge in [0.05, 0.1) is 6.61 Å². The fourth-order valence-corrected chi connectivity index (χ4v) is 4.00. The second-order valence-corrected chi connectivity index (χ2v) is 8.40. The summed E-state index contributed by atoms with van der Waals surface area (Å²) in [5.41, 5.74) is 2.28. The van der Waals surface area contributed by atoms with Crippen LogP contribution in [0.3, 0.4) is 0 Å². The van der Waals surface area contributed by atoms with Crippen molar-refractivity contribution in [2.75, 3.05) is 20.5 Å². The number of hydrogen-bond donors (Lipinski definition) is 1. The molecule has 2 aromatic rings. The summed E-state index contributed by atoms with van der Waals surface area (Å²) in [5.74, 6) is 2.04. The minimum Gasteiger partial charge on any atom is -0.388 e. The highest BCUT2D eigenvalue weighted by Crippen LogP contribution is 2.34. The first-order chi connectivity index (χ1) is 15.4. The Morgan fingerprint density at radius 1 is 1.00 bits per heavy atom. The normalized spacial score (nSPS) is 21.9. The highest BCUT2D eigenvalue weighted by Gasteiger charge is 2.49. The Bertz CT molecular complexity index is 810. The van der Waals surface area contributed by atoms with Gasteiger partial charge >= 0.3 is 0 Å². The monoisotopic (exact) mass is 439 g/mol. The summed E-state index contributed by atoms with van der Waals surface area (Å²) in [4.78, 5) is 2.19. The third-order valence-electron chi connectivity index (χ3n) is 5.36. The van der Waals surface area contributed by atoms with Crippen molar-refractivity contribution in [1.82, 2.24) is 4.90 Å². The van der Waals surface area contributed by atoms with Crippen LogP contribution in [-0.2, 0) is 32.0 Å². The number of benzene rings is 2. The van der Waals surface area contributed by atoms with Crippen molar-refractivity contribution < 1.29 is 24.1 Å². The number of rotatable bonds is 11. The number of aliphatic hydroxyl groups excluding tert-OH is 1. The van der Waals surface area contributed by atoms with Gasteiger partial charge in [-0.25, -0.2) is 0 Å². The maximum absolute atomic E-state index is 10.8. The van der Waals surface area contributed by atoms with E-state index in [4.69, 9.17) is 25.4 Å². The van der Waals surface area contributed by atoms with E-state index < -0.39 is 30.1 Å². The molecule has 4 atom stereocenters. The smallest absolute Gasteiger partial charge is 0.164 e. The molecule has 0 amide bonds. The van der Waals surface area contributed by atoms with Crippen molar-refractivity contribution in [3.05, 3.63) is 71.8 Å². The molecule has 2 aromatic carbocycles. The summed E-state index contributed by atoms with van der Waals surface area (Å²) >= 11 is 0. The highest BCUT2D eigenvalue weighted by atomic mass is 16.8. The lowest BCUT2D eigenvalue weighted by Crippen LogP contribution is -2.50. The van der Waals surface area contributed by atoms with Gasteiger partial charge < -0.3 is 24.1 Å². The highest BCUT2D eigenvalue weighted by molar-refractivity contribution is 5.20. The van der Waals surface area contributed by atoms with Gasteiger partial charge in [-0.3, -0.25) is 4.90 Å². The van der Waals surface area contributed by atoms with E-state index in [0.717, 1.165) is 11.1 Å². The zero-order valence-corrected chi connectivity index (χ0v) is 19.0. The summed E-state index contributed by atoms with van der Waals surface area (Å²) in [5, 5.41) is 10.8. The van der Waals surface area contributed by atoms with Crippen LogP contribution in [0, 0.1) is 12.3 Å². The van der Waals surface area contributed by atoms with Crippen LogP contribution in [0.2, 0.25) is 0 Å². The van der Waals surface area contributed by atoms with Gasteiger partial charge in [0.15, 0.2) is 5.79 Å². The maximum atomic E-state index is 10.8. The lowest BCUT2D eigenvalue weighted by Gasteiger charge is -2.34. The van der Waals surface area contributed by atoms with E-state index in [1.807, 2.05) is 50.2 Å². The van der Waals surface area contributed by atoms with Crippen LogP contribution in [-0.4, -0.2) is 60.7 Å². The molecule has 0 unspecified atom stereocenters. The van der Waals surface area contributed by atoms with Crippen LogP contribution in [0.1, 0.15) is 25.0 Å². The molecule has 1 aliphatic rings. The lowest BCUT2D eigenvalue weighted by atomic mass is 9.99. The zero-order valence-electron chi connectivity index (χ0n) is 19.0. The van der Waals surface area contributed by atoms with E-state index in [1.54, 1.807) is 0 Å².